The van der Waals surface area contributed by atoms with Gasteiger partial charge in [-0.05, 0) is 19.9 Å². The molecule has 1 atom stereocenters. The summed E-state index contributed by atoms with van der Waals surface area (Å²) in [7, 11) is 0. The van der Waals surface area contributed by atoms with Crippen LogP contribution >= 0.6 is 11.3 Å². The lowest BCUT2D eigenvalue weighted by Gasteiger charge is -2.11. The fourth-order valence-electron chi connectivity index (χ4n) is 1.42. The zero-order valence-electron chi connectivity index (χ0n) is 9.75. The van der Waals surface area contributed by atoms with E-state index in [0.717, 1.165) is 10.7 Å². The van der Waals surface area contributed by atoms with Gasteiger partial charge in [-0.15, -0.1) is 11.3 Å². The molecule has 90 valence electrons. The maximum atomic E-state index is 11.8. The molecular weight excluding hydrogens is 236 g/mol. The standard InChI is InChI=1S/C11H14N4OS/c1-8-7-17-10(14-8)6-12-11(16)9(2)15-5-3-4-13-15/h3-5,7,9H,6H2,1-2H3,(H,12,16)/t9-/m0/s1. The molecule has 0 aliphatic heterocycles. The topological polar surface area (TPSA) is 59.8 Å². The molecule has 1 amide bonds. The predicted octanol–water partition coefficient (Wildman–Crippen LogP) is 1.53. The molecule has 0 aliphatic carbocycles. The molecule has 2 aromatic heterocycles. The van der Waals surface area contributed by atoms with E-state index in [4.69, 9.17) is 0 Å². The van der Waals surface area contributed by atoms with Crippen molar-refractivity contribution in [1.82, 2.24) is 20.1 Å². The van der Waals surface area contributed by atoms with Gasteiger partial charge in [0.2, 0.25) is 5.91 Å². The van der Waals surface area contributed by atoms with Gasteiger partial charge in [-0.1, -0.05) is 0 Å². The molecule has 5 nitrogen and oxygen atoms in total. The molecule has 0 radical (unpaired) electrons. The highest BCUT2D eigenvalue weighted by Crippen LogP contribution is 2.09. The minimum Gasteiger partial charge on any atom is -0.348 e. The fourth-order valence-corrected chi connectivity index (χ4v) is 2.14. The summed E-state index contributed by atoms with van der Waals surface area (Å²) < 4.78 is 1.63. The van der Waals surface area contributed by atoms with Gasteiger partial charge in [0, 0.05) is 23.5 Å². The molecule has 0 spiro atoms. The highest BCUT2D eigenvalue weighted by Gasteiger charge is 2.14. The summed E-state index contributed by atoms with van der Waals surface area (Å²) in [6.45, 7) is 4.23. The van der Waals surface area contributed by atoms with Gasteiger partial charge in [0.1, 0.15) is 11.0 Å². The third-order valence-electron chi connectivity index (χ3n) is 2.38. The van der Waals surface area contributed by atoms with Gasteiger partial charge in [-0.2, -0.15) is 5.10 Å². The van der Waals surface area contributed by atoms with Crippen molar-refractivity contribution in [3.8, 4) is 0 Å². The Morgan fingerprint density at radius 3 is 3.06 bits per heavy atom. The van der Waals surface area contributed by atoms with Crippen molar-refractivity contribution in [2.75, 3.05) is 0 Å². The van der Waals surface area contributed by atoms with Crippen molar-refractivity contribution in [3.63, 3.8) is 0 Å². The number of rotatable bonds is 4. The Hall–Kier alpha value is -1.69. The minimum absolute atomic E-state index is 0.0541. The molecule has 6 heteroatoms. The van der Waals surface area contributed by atoms with E-state index in [9.17, 15) is 4.79 Å². The monoisotopic (exact) mass is 250 g/mol. The second kappa shape index (κ2) is 5.09. The fraction of sp³-hybridized carbons (Fsp3) is 0.364. The average Bonchev–Trinajstić information content (AvgIpc) is 2.95. The molecule has 1 N–H and O–H groups in total. The maximum absolute atomic E-state index is 11.8. The smallest absolute Gasteiger partial charge is 0.244 e. The molecule has 17 heavy (non-hydrogen) atoms. The van der Waals surface area contributed by atoms with E-state index in [1.165, 1.54) is 0 Å². The third-order valence-corrected chi connectivity index (χ3v) is 3.35. The van der Waals surface area contributed by atoms with Crippen LogP contribution in [0.15, 0.2) is 23.8 Å². The zero-order valence-corrected chi connectivity index (χ0v) is 10.6. The molecule has 0 unspecified atom stereocenters. The third kappa shape index (κ3) is 2.91. The van der Waals surface area contributed by atoms with Crippen molar-refractivity contribution >= 4 is 17.2 Å². The van der Waals surface area contributed by atoms with Crippen LogP contribution in [-0.4, -0.2) is 20.7 Å². The predicted molar refractivity (Wildman–Crippen MR) is 65.6 cm³/mol. The number of hydrogen-bond acceptors (Lipinski definition) is 4. The van der Waals surface area contributed by atoms with Gasteiger partial charge in [0.25, 0.3) is 0 Å². The van der Waals surface area contributed by atoms with Crippen molar-refractivity contribution in [2.24, 2.45) is 0 Å². The highest BCUT2D eigenvalue weighted by atomic mass is 32.1. The summed E-state index contributed by atoms with van der Waals surface area (Å²) in [5.74, 6) is -0.0541. The minimum atomic E-state index is -0.300. The largest absolute Gasteiger partial charge is 0.348 e. The van der Waals surface area contributed by atoms with E-state index in [0.29, 0.717) is 6.54 Å². The Balaban J connectivity index is 1.89. The van der Waals surface area contributed by atoms with Crippen LogP contribution in [0.1, 0.15) is 23.7 Å². The molecule has 0 fully saturated rings. The first-order valence-corrected chi connectivity index (χ1v) is 6.22. The maximum Gasteiger partial charge on any atom is 0.244 e. The Morgan fingerprint density at radius 1 is 1.65 bits per heavy atom. The molecule has 0 saturated carbocycles. The molecule has 0 saturated heterocycles. The second-order valence-electron chi connectivity index (χ2n) is 3.76. The lowest BCUT2D eigenvalue weighted by atomic mass is 10.3. The SMILES string of the molecule is Cc1csc(CNC(=O)[C@H](C)n2cccn2)n1. The van der Waals surface area contributed by atoms with E-state index in [1.54, 1.807) is 34.5 Å². The van der Waals surface area contributed by atoms with Gasteiger partial charge in [0.05, 0.1) is 6.54 Å². The first-order valence-electron chi connectivity index (χ1n) is 5.34. The van der Waals surface area contributed by atoms with Crippen LogP contribution in [0.4, 0.5) is 0 Å². The lowest BCUT2D eigenvalue weighted by Crippen LogP contribution is -2.30. The van der Waals surface area contributed by atoms with Gasteiger partial charge in [-0.25, -0.2) is 4.98 Å². The number of nitrogens with one attached hydrogen (secondary N) is 1. The van der Waals surface area contributed by atoms with Gasteiger partial charge >= 0.3 is 0 Å². The summed E-state index contributed by atoms with van der Waals surface area (Å²) in [6.07, 6.45) is 3.44. The summed E-state index contributed by atoms with van der Waals surface area (Å²) in [4.78, 5) is 16.1. The number of thiazole rings is 1. The number of carbonyl (C=O) groups is 1. The molecule has 2 rings (SSSR count). The van der Waals surface area contributed by atoms with Gasteiger partial charge < -0.3 is 5.32 Å². The highest BCUT2D eigenvalue weighted by molar-refractivity contribution is 7.09. The number of amides is 1. The van der Waals surface area contributed by atoms with Gasteiger partial charge in [-0.3, -0.25) is 9.48 Å². The Kier molecular flexibility index (Phi) is 3.53. The van der Waals surface area contributed by atoms with Crippen LogP contribution in [0, 0.1) is 6.92 Å². The van der Waals surface area contributed by atoms with Crippen LogP contribution in [0.3, 0.4) is 0 Å². The number of hydrogen-bond donors (Lipinski definition) is 1. The quantitative estimate of drug-likeness (QED) is 0.895. The first-order chi connectivity index (χ1) is 8.16. The van der Waals surface area contributed by atoms with Crippen LogP contribution in [0.25, 0.3) is 0 Å². The van der Waals surface area contributed by atoms with E-state index < -0.39 is 0 Å². The van der Waals surface area contributed by atoms with E-state index in [-0.39, 0.29) is 11.9 Å². The van der Waals surface area contributed by atoms with Crippen molar-refractivity contribution in [1.29, 1.82) is 0 Å². The normalized spacial score (nSPS) is 12.4. The zero-order chi connectivity index (χ0) is 12.3. The van der Waals surface area contributed by atoms with E-state index >= 15 is 0 Å². The summed E-state index contributed by atoms with van der Waals surface area (Å²) >= 11 is 1.55. The first kappa shape index (κ1) is 11.8. The van der Waals surface area contributed by atoms with E-state index in [2.05, 4.69) is 15.4 Å². The molecule has 2 aromatic rings. The van der Waals surface area contributed by atoms with Crippen molar-refractivity contribution in [3.05, 3.63) is 34.5 Å². The van der Waals surface area contributed by atoms with Crippen LogP contribution < -0.4 is 5.32 Å². The molecule has 2 heterocycles. The van der Waals surface area contributed by atoms with E-state index in [1.807, 2.05) is 19.2 Å². The number of aromatic nitrogens is 3. The Bertz CT molecular complexity index is 491. The number of nitrogens with zero attached hydrogens (tertiary/aromatic N) is 3. The molecule has 0 aliphatic rings. The Morgan fingerprint density at radius 2 is 2.47 bits per heavy atom. The summed E-state index contributed by atoms with van der Waals surface area (Å²) in [6, 6.07) is 1.50. The van der Waals surface area contributed by atoms with Crippen LogP contribution in [0.2, 0.25) is 0 Å². The van der Waals surface area contributed by atoms with Crippen LogP contribution in [-0.2, 0) is 11.3 Å². The van der Waals surface area contributed by atoms with Crippen molar-refractivity contribution in [2.45, 2.75) is 26.4 Å². The molecule has 0 bridgehead atoms. The average molecular weight is 250 g/mol. The van der Waals surface area contributed by atoms with Crippen molar-refractivity contribution < 1.29 is 4.79 Å². The van der Waals surface area contributed by atoms with Crippen LogP contribution in [0.5, 0.6) is 0 Å². The number of carbonyl (C=O) groups excluding carboxylic acids is 1. The summed E-state index contributed by atoms with van der Waals surface area (Å²) in [5, 5.41) is 9.78. The number of aryl methyl sites for hydroxylation is 1. The lowest BCUT2D eigenvalue weighted by molar-refractivity contribution is -0.124. The molecule has 0 aromatic carbocycles. The van der Waals surface area contributed by atoms with Gasteiger partial charge in [0.15, 0.2) is 0 Å². The summed E-state index contributed by atoms with van der Waals surface area (Å²) in [5.41, 5.74) is 0.986. The Labute approximate surface area is 103 Å². The molecular formula is C11H14N4OS. The second-order valence-corrected chi connectivity index (χ2v) is 4.71.